The predicted molar refractivity (Wildman–Crippen MR) is 115 cm³/mol. The van der Waals surface area contributed by atoms with Gasteiger partial charge in [-0.05, 0) is 94.4 Å². The summed E-state index contributed by atoms with van der Waals surface area (Å²) >= 11 is 0. The first-order valence-corrected chi connectivity index (χ1v) is 11.3. The van der Waals surface area contributed by atoms with Crippen LogP contribution in [0.5, 0.6) is 0 Å². The zero-order valence-corrected chi connectivity index (χ0v) is 18.2. The summed E-state index contributed by atoms with van der Waals surface area (Å²) < 4.78 is 12.9. The van der Waals surface area contributed by atoms with Crippen molar-refractivity contribution in [2.75, 3.05) is 19.8 Å². The Morgan fingerprint density at radius 2 is 1.69 bits per heavy atom. The zero-order chi connectivity index (χ0) is 20.7. The molecule has 1 aromatic rings. The van der Waals surface area contributed by atoms with Gasteiger partial charge in [0, 0.05) is 19.8 Å². The van der Waals surface area contributed by atoms with Crippen LogP contribution in [0, 0.1) is 20.8 Å². The molecule has 4 heteroatoms. The van der Waals surface area contributed by atoms with Crippen LogP contribution in [0.3, 0.4) is 0 Å². The van der Waals surface area contributed by atoms with Crippen molar-refractivity contribution >= 4 is 6.08 Å². The molecule has 1 aliphatic carbocycles. The number of hydrogen-bond acceptors (Lipinski definition) is 4. The molecule has 0 aromatic heterocycles. The highest BCUT2D eigenvalue weighted by molar-refractivity contribution is 5.63. The molecule has 3 aliphatic rings. The van der Waals surface area contributed by atoms with Crippen molar-refractivity contribution in [1.29, 1.82) is 0 Å². The summed E-state index contributed by atoms with van der Waals surface area (Å²) in [6, 6.07) is 4.41. The van der Waals surface area contributed by atoms with Gasteiger partial charge < -0.3 is 19.7 Å². The van der Waals surface area contributed by atoms with Crippen LogP contribution in [0.2, 0.25) is 0 Å². The normalized spacial score (nSPS) is 36.0. The predicted octanol–water partition coefficient (Wildman–Crippen LogP) is 4.39. The van der Waals surface area contributed by atoms with Crippen molar-refractivity contribution in [1.82, 2.24) is 0 Å². The minimum absolute atomic E-state index is 0.0715. The topological polar surface area (TPSA) is 58.9 Å². The fourth-order valence-electron chi connectivity index (χ4n) is 6.40. The molecular weight excluding hydrogens is 364 g/mol. The molecular formula is C25H36O4. The smallest absolute Gasteiger partial charge is 0.129 e. The van der Waals surface area contributed by atoms with Gasteiger partial charge in [-0.25, -0.2) is 0 Å². The van der Waals surface area contributed by atoms with Crippen molar-refractivity contribution in [2.24, 2.45) is 0 Å². The molecule has 2 aliphatic heterocycles. The van der Waals surface area contributed by atoms with Crippen molar-refractivity contribution in [2.45, 2.75) is 88.9 Å². The van der Waals surface area contributed by atoms with Crippen LogP contribution >= 0.6 is 0 Å². The molecule has 0 unspecified atom stereocenters. The molecule has 2 saturated heterocycles. The third kappa shape index (κ3) is 3.20. The number of benzene rings is 1. The highest BCUT2D eigenvalue weighted by atomic mass is 16.6. The summed E-state index contributed by atoms with van der Waals surface area (Å²) in [4.78, 5) is 0. The fourth-order valence-corrected chi connectivity index (χ4v) is 6.40. The van der Waals surface area contributed by atoms with E-state index < -0.39 is 16.8 Å². The van der Waals surface area contributed by atoms with Gasteiger partial charge >= 0.3 is 0 Å². The molecule has 1 saturated carbocycles. The van der Waals surface area contributed by atoms with E-state index in [0.717, 1.165) is 50.7 Å². The van der Waals surface area contributed by atoms with Gasteiger partial charge in [-0.15, -0.1) is 0 Å². The van der Waals surface area contributed by atoms with E-state index in [2.05, 4.69) is 39.0 Å². The lowest BCUT2D eigenvalue weighted by molar-refractivity contribution is -0.257. The van der Waals surface area contributed by atoms with Crippen LogP contribution in [-0.2, 0) is 9.47 Å². The lowest BCUT2D eigenvalue weighted by Crippen LogP contribution is -2.70. The standard InChI is InChI=1S/C25H36O4/c1-18-15-19(2)22(20(3)16-18)17-21-7-11-23(8-5-13-28-23)25(10-6-14-29-25)24(21,27)9-4-12-26/h15-17,26-27H,4-14H2,1-3H3/b21-17+/t23-,24-,25-/m0/s1. The first kappa shape index (κ1) is 21.0. The number of ether oxygens (including phenoxy) is 2. The van der Waals surface area contributed by atoms with Crippen LogP contribution in [-0.4, -0.2) is 46.8 Å². The molecule has 4 rings (SSSR count). The maximum absolute atomic E-state index is 12.4. The summed E-state index contributed by atoms with van der Waals surface area (Å²) in [6.07, 6.45) is 8.71. The minimum Gasteiger partial charge on any atom is -0.396 e. The molecule has 1 aromatic carbocycles. The van der Waals surface area contributed by atoms with Crippen LogP contribution in [0.4, 0.5) is 0 Å². The Hall–Kier alpha value is -1.20. The van der Waals surface area contributed by atoms with E-state index >= 15 is 0 Å². The molecule has 2 spiro atoms. The zero-order valence-electron chi connectivity index (χ0n) is 18.2. The van der Waals surface area contributed by atoms with Gasteiger partial charge in [-0.3, -0.25) is 0 Å². The van der Waals surface area contributed by atoms with Gasteiger partial charge in [0.15, 0.2) is 0 Å². The lowest BCUT2D eigenvalue weighted by Gasteiger charge is -2.58. The van der Waals surface area contributed by atoms with Gasteiger partial charge in [-0.2, -0.15) is 0 Å². The molecule has 3 fully saturated rings. The number of aliphatic hydroxyl groups excluding tert-OH is 1. The van der Waals surface area contributed by atoms with E-state index in [1.54, 1.807) is 0 Å². The van der Waals surface area contributed by atoms with E-state index in [1.165, 1.54) is 22.3 Å². The molecule has 3 atom stereocenters. The summed E-state index contributed by atoms with van der Waals surface area (Å²) in [7, 11) is 0. The number of aliphatic hydroxyl groups is 2. The second-order valence-corrected chi connectivity index (χ2v) is 9.39. The van der Waals surface area contributed by atoms with Crippen molar-refractivity contribution in [3.05, 3.63) is 40.0 Å². The summed E-state index contributed by atoms with van der Waals surface area (Å²) in [5.74, 6) is 0. The van der Waals surface area contributed by atoms with Gasteiger partial charge in [0.25, 0.3) is 0 Å². The second kappa shape index (κ2) is 7.81. The summed E-state index contributed by atoms with van der Waals surface area (Å²) in [6.45, 7) is 7.90. The van der Waals surface area contributed by atoms with Crippen LogP contribution < -0.4 is 0 Å². The fraction of sp³-hybridized carbons (Fsp3) is 0.680. The first-order chi connectivity index (χ1) is 13.9. The molecule has 2 heterocycles. The Kier molecular flexibility index (Phi) is 5.67. The largest absolute Gasteiger partial charge is 0.396 e. The van der Waals surface area contributed by atoms with E-state index in [-0.39, 0.29) is 6.61 Å². The molecule has 4 nitrogen and oxygen atoms in total. The van der Waals surface area contributed by atoms with E-state index in [9.17, 15) is 10.2 Å². The molecule has 2 N–H and O–H groups in total. The average Bonchev–Trinajstić information content (AvgIpc) is 3.35. The average molecular weight is 401 g/mol. The van der Waals surface area contributed by atoms with Crippen molar-refractivity contribution in [3.63, 3.8) is 0 Å². The number of aryl methyl sites for hydroxylation is 3. The number of fused-ring (bicyclic) bond motifs is 1. The highest BCUT2D eigenvalue weighted by Gasteiger charge is 2.69. The number of rotatable bonds is 4. The highest BCUT2D eigenvalue weighted by Crippen LogP contribution is 2.60. The Bertz CT molecular complexity index is 761. The maximum atomic E-state index is 12.4. The lowest BCUT2D eigenvalue weighted by atomic mass is 9.57. The van der Waals surface area contributed by atoms with Crippen LogP contribution in [0.25, 0.3) is 6.08 Å². The Balaban J connectivity index is 1.85. The Labute approximate surface area is 174 Å². The Morgan fingerprint density at radius 1 is 1.00 bits per heavy atom. The molecule has 0 amide bonds. The van der Waals surface area contributed by atoms with E-state index in [4.69, 9.17) is 9.47 Å². The quantitative estimate of drug-likeness (QED) is 0.787. The van der Waals surface area contributed by atoms with E-state index in [1.807, 2.05) is 0 Å². The minimum atomic E-state index is -1.11. The summed E-state index contributed by atoms with van der Waals surface area (Å²) in [5.41, 5.74) is 3.75. The van der Waals surface area contributed by atoms with Gasteiger partial charge in [0.05, 0.1) is 0 Å². The van der Waals surface area contributed by atoms with Crippen molar-refractivity contribution < 1.29 is 19.7 Å². The monoisotopic (exact) mass is 400 g/mol. The van der Waals surface area contributed by atoms with Crippen LogP contribution in [0.1, 0.15) is 73.6 Å². The van der Waals surface area contributed by atoms with Gasteiger partial charge in [-0.1, -0.05) is 23.8 Å². The third-order valence-corrected chi connectivity index (χ3v) is 7.61. The molecule has 29 heavy (non-hydrogen) atoms. The first-order valence-electron chi connectivity index (χ1n) is 11.3. The molecule has 0 bridgehead atoms. The summed E-state index contributed by atoms with van der Waals surface area (Å²) in [5, 5.41) is 21.9. The molecule has 0 radical (unpaired) electrons. The third-order valence-electron chi connectivity index (χ3n) is 7.61. The Morgan fingerprint density at radius 3 is 2.28 bits per heavy atom. The van der Waals surface area contributed by atoms with E-state index in [0.29, 0.717) is 19.4 Å². The van der Waals surface area contributed by atoms with Crippen LogP contribution in [0.15, 0.2) is 17.7 Å². The van der Waals surface area contributed by atoms with Gasteiger partial charge in [0.2, 0.25) is 0 Å². The van der Waals surface area contributed by atoms with Gasteiger partial charge in [0.1, 0.15) is 16.8 Å². The molecule has 160 valence electrons. The van der Waals surface area contributed by atoms with Crippen molar-refractivity contribution in [3.8, 4) is 0 Å². The maximum Gasteiger partial charge on any atom is 0.129 e. The number of hydrogen-bond donors (Lipinski definition) is 2. The SMILES string of the molecule is Cc1cc(C)c(/C=C2\CC[C@@]3(CCCO3)[C@@]3(CCCO3)[C@]2(O)CCCO)c(C)c1. The second-order valence-electron chi connectivity index (χ2n) is 9.39.